The van der Waals surface area contributed by atoms with Gasteiger partial charge in [-0.05, 0) is 55.6 Å². The zero-order chi connectivity index (χ0) is 13.1. The molecule has 1 heterocycles. The summed E-state index contributed by atoms with van der Waals surface area (Å²) in [7, 11) is 3.36. The Balaban J connectivity index is 2.28. The fourth-order valence-corrected chi connectivity index (χ4v) is 2.38. The predicted molar refractivity (Wildman–Crippen MR) is 69.3 cm³/mol. The van der Waals surface area contributed by atoms with Crippen molar-refractivity contribution in [3.8, 4) is 0 Å². The largest absolute Gasteiger partial charge is 0.345 e. The lowest BCUT2D eigenvalue weighted by Crippen LogP contribution is -2.27. The van der Waals surface area contributed by atoms with Crippen molar-refractivity contribution >= 4 is 5.91 Å². The second-order valence-corrected chi connectivity index (χ2v) is 5.00. The normalized spacial score (nSPS) is 16.6. The van der Waals surface area contributed by atoms with Crippen molar-refractivity contribution in [3.63, 3.8) is 0 Å². The average Bonchev–Trinajstić information content (AvgIpc) is 2.38. The quantitative estimate of drug-likeness (QED) is 0.870. The molecule has 0 bridgehead atoms. The zero-order valence-electron chi connectivity index (χ0n) is 10.9. The van der Waals surface area contributed by atoms with Crippen LogP contribution in [0, 0.1) is 5.82 Å². The molecule has 0 unspecified atom stereocenters. The van der Waals surface area contributed by atoms with Gasteiger partial charge in [-0.15, -0.1) is 0 Å². The van der Waals surface area contributed by atoms with Gasteiger partial charge in [0.15, 0.2) is 0 Å². The molecule has 1 aliphatic rings. The summed E-state index contributed by atoms with van der Waals surface area (Å²) in [4.78, 5) is 13.4. The third kappa shape index (κ3) is 2.88. The Bertz CT molecular complexity index is 439. The van der Waals surface area contributed by atoms with Gasteiger partial charge in [0.05, 0.1) is 0 Å². The van der Waals surface area contributed by atoms with Gasteiger partial charge in [0.25, 0.3) is 5.91 Å². The smallest absolute Gasteiger partial charge is 0.253 e. The van der Waals surface area contributed by atoms with E-state index in [1.165, 1.54) is 11.0 Å². The van der Waals surface area contributed by atoms with Gasteiger partial charge in [0.2, 0.25) is 0 Å². The molecule has 98 valence electrons. The van der Waals surface area contributed by atoms with Gasteiger partial charge in [0.1, 0.15) is 5.82 Å². The van der Waals surface area contributed by atoms with E-state index < -0.39 is 0 Å². The molecular weight excluding hydrogens is 231 g/mol. The Morgan fingerprint density at radius 3 is 2.56 bits per heavy atom. The number of hydrogen-bond acceptors (Lipinski definition) is 2. The molecule has 1 N–H and O–H groups in total. The summed E-state index contributed by atoms with van der Waals surface area (Å²) in [5.41, 5.74) is 1.38. The van der Waals surface area contributed by atoms with Gasteiger partial charge < -0.3 is 10.2 Å². The number of nitrogens with zero attached hydrogens (tertiary/aromatic N) is 1. The zero-order valence-corrected chi connectivity index (χ0v) is 10.9. The molecule has 1 amide bonds. The molecule has 1 aromatic rings. The first-order chi connectivity index (χ1) is 8.58. The highest BCUT2D eigenvalue weighted by Crippen LogP contribution is 2.26. The number of hydrogen-bond donors (Lipinski definition) is 1. The molecule has 2 rings (SSSR count). The van der Waals surface area contributed by atoms with Crippen LogP contribution in [0.2, 0.25) is 0 Å². The fourth-order valence-electron chi connectivity index (χ4n) is 2.38. The average molecular weight is 250 g/mol. The minimum absolute atomic E-state index is 0.148. The molecule has 0 radical (unpaired) electrons. The van der Waals surface area contributed by atoms with Crippen LogP contribution in [0.5, 0.6) is 0 Å². The van der Waals surface area contributed by atoms with E-state index in [2.05, 4.69) is 5.32 Å². The van der Waals surface area contributed by atoms with Crippen LogP contribution in [-0.2, 0) is 0 Å². The lowest BCUT2D eigenvalue weighted by molar-refractivity contribution is 0.0827. The van der Waals surface area contributed by atoms with Crippen LogP contribution in [-0.4, -0.2) is 38.0 Å². The minimum atomic E-state index is -0.323. The summed E-state index contributed by atoms with van der Waals surface area (Å²) in [5, 5.41) is 3.29. The Labute approximate surface area is 107 Å². The van der Waals surface area contributed by atoms with E-state index in [4.69, 9.17) is 0 Å². The van der Waals surface area contributed by atoms with Gasteiger partial charge in [-0.3, -0.25) is 4.79 Å². The van der Waals surface area contributed by atoms with E-state index in [0.29, 0.717) is 11.5 Å². The maximum Gasteiger partial charge on any atom is 0.253 e. The van der Waals surface area contributed by atoms with Crippen LogP contribution in [0.15, 0.2) is 18.2 Å². The van der Waals surface area contributed by atoms with Crippen molar-refractivity contribution in [2.24, 2.45) is 0 Å². The van der Waals surface area contributed by atoms with Gasteiger partial charge >= 0.3 is 0 Å². The van der Waals surface area contributed by atoms with Crippen LogP contribution in [0.1, 0.15) is 34.7 Å². The molecular formula is C14H19FN2O. The Morgan fingerprint density at radius 2 is 1.94 bits per heavy atom. The van der Waals surface area contributed by atoms with Crippen LogP contribution in [0.4, 0.5) is 4.39 Å². The molecule has 0 aromatic heterocycles. The predicted octanol–water partition coefficient (Wildman–Crippen LogP) is 1.99. The molecule has 0 aliphatic carbocycles. The first-order valence-corrected chi connectivity index (χ1v) is 6.31. The molecule has 0 spiro atoms. The van der Waals surface area contributed by atoms with E-state index >= 15 is 0 Å². The van der Waals surface area contributed by atoms with E-state index in [-0.39, 0.29) is 11.7 Å². The van der Waals surface area contributed by atoms with Crippen molar-refractivity contribution in [1.82, 2.24) is 10.2 Å². The highest BCUT2D eigenvalue weighted by Gasteiger charge is 2.18. The fraction of sp³-hybridized carbons (Fsp3) is 0.500. The summed E-state index contributed by atoms with van der Waals surface area (Å²) in [6, 6.07) is 4.71. The minimum Gasteiger partial charge on any atom is -0.345 e. The number of amides is 1. The van der Waals surface area contributed by atoms with E-state index in [1.54, 1.807) is 20.2 Å². The van der Waals surface area contributed by atoms with Crippen molar-refractivity contribution in [2.75, 3.05) is 27.2 Å². The molecule has 4 heteroatoms. The van der Waals surface area contributed by atoms with E-state index in [1.807, 2.05) is 6.07 Å². The van der Waals surface area contributed by atoms with E-state index in [0.717, 1.165) is 31.5 Å². The summed E-state index contributed by atoms with van der Waals surface area (Å²) >= 11 is 0. The molecule has 1 fully saturated rings. The van der Waals surface area contributed by atoms with Crippen LogP contribution in [0.3, 0.4) is 0 Å². The van der Waals surface area contributed by atoms with E-state index in [9.17, 15) is 9.18 Å². The van der Waals surface area contributed by atoms with Crippen LogP contribution < -0.4 is 5.32 Å². The lowest BCUT2D eigenvalue weighted by Gasteiger charge is -2.23. The lowest BCUT2D eigenvalue weighted by atomic mass is 9.89. The summed E-state index contributed by atoms with van der Waals surface area (Å²) in [6.45, 7) is 1.91. The third-order valence-corrected chi connectivity index (χ3v) is 3.38. The first-order valence-electron chi connectivity index (χ1n) is 6.31. The standard InChI is InChI=1S/C14H19FN2O/c1-17(2)14(18)12-7-11(8-13(15)9-12)10-3-5-16-6-4-10/h7-10,16H,3-6H2,1-2H3. The van der Waals surface area contributed by atoms with Crippen molar-refractivity contribution < 1.29 is 9.18 Å². The summed E-state index contributed by atoms with van der Waals surface area (Å²) in [6.07, 6.45) is 2.00. The Kier molecular flexibility index (Phi) is 3.97. The Morgan fingerprint density at radius 1 is 1.28 bits per heavy atom. The van der Waals surface area contributed by atoms with Crippen molar-refractivity contribution in [1.29, 1.82) is 0 Å². The van der Waals surface area contributed by atoms with Crippen molar-refractivity contribution in [2.45, 2.75) is 18.8 Å². The molecule has 3 nitrogen and oxygen atoms in total. The molecule has 0 atom stereocenters. The molecule has 1 aliphatic heterocycles. The number of benzene rings is 1. The number of carbonyl (C=O) groups is 1. The maximum atomic E-state index is 13.6. The number of rotatable bonds is 2. The Hall–Kier alpha value is -1.42. The van der Waals surface area contributed by atoms with Gasteiger partial charge in [-0.25, -0.2) is 4.39 Å². The first kappa shape index (κ1) is 13.0. The van der Waals surface area contributed by atoms with Gasteiger partial charge in [-0.2, -0.15) is 0 Å². The number of halogens is 1. The highest BCUT2D eigenvalue weighted by molar-refractivity contribution is 5.94. The highest BCUT2D eigenvalue weighted by atomic mass is 19.1. The molecule has 1 saturated heterocycles. The number of nitrogens with one attached hydrogen (secondary N) is 1. The molecule has 0 saturated carbocycles. The number of piperidine rings is 1. The summed E-state index contributed by atoms with van der Waals surface area (Å²) in [5.74, 6) is -0.114. The third-order valence-electron chi connectivity index (χ3n) is 3.38. The number of carbonyl (C=O) groups excluding carboxylic acids is 1. The van der Waals surface area contributed by atoms with Crippen LogP contribution >= 0.6 is 0 Å². The second-order valence-electron chi connectivity index (χ2n) is 5.00. The van der Waals surface area contributed by atoms with Gasteiger partial charge in [0, 0.05) is 19.7 Å². The van der Waals surface area contributed by atoms with Crippen molar-refractivity contribution in [3.05, 3.63) is 35.1 Å². The monoisotopic (exact) mass is 250 g/mol. The topological polar surface area (TPSA) is 32.3 Å². The SMILES string of the molecule is CN(C)C(=O)c1cc(F)cc(C2CCNCC2)c1. The molecule has 18 heavy (non-hydrogen) atoms. The summed E-state index contributed by atoms with van der Waals surface area (Å²) < 4.78 is 13.6. The van der Waals surface area contributed by atoms with Gasteiger partial charge in [-0.1, -0.05) is 0 Å². The maximum absolute atomic E-state index is 13.6. The van der Waals surface area contributed by atoms with Crippen LogP contribution in [0.25, 0.3) is 0 Å². The second kappa shape index (κ2) is 5.48. The molecule has 1 aromatic carbocycles.